The molecule has 1 N–H and O–H groups in total. The van der Waals surface area contributed by atoms with E-state index in [4.69, 9.17) is 0 Å². The van der Waals surface area contributed by atoms with Crippen LogP contribution in [0.2, 0.25) is 0 Å². The van der Waals surface area contributed by atoms with Crippen LogP contribution in [0.5, 0.6) is 0 Å². The maximum absolute atomic E-state index is 13.1. The maximum Gasteiger partial charge on any atom is 0.242 e. The summed E-state index contributed by atoms with van der Waals surface area (Å²) >= 11 is 1.59. The molecule has 29 heavy (non-hydrogen) atoms. The van der Waals surface area contributed by atoms with Gasteiger partial charge in [0.25, 0.3) is 0 Å². The molecule has 0 fully saturated rings. The molecule has 0 aromatic heterocycles. The molecule has 0 saturated carbocycles. The number of benzene rings is 2. The molecular formula is C24H32N2O2S. The van der Waals surface area contributed by atoms with Gasteiger partial charge in [-0.25, -0.2) is 0 Å². The van der Waals surface area contributed by atoms with Crippen LogP contribution < -0.4 is 5.32 Å². The Labute approximate surface area is 179 Å². The third kappa shape index (κ3) is 7.58. The smallest absolute Gasteiger partial charge is 0.242 e. The summed E-state index contributed by atoms with van der Waals surface area (Å²) < 4.78 is 0. The zero-order chi connectivity index (χ0) is 21.1. The van der Waals surface area contributed by atoms with Gasteiger partial charge in [-0.05, 0) is 30.9 Å². The predicted octanol–water partition coefficient (Wildman–Crippen LogP) is 4.56. The first-order chi connectivity index (χ1) is 14.0. The van der Waals surface area contributed by atoms with Gasteiger partial charge in [0.15, 0.2) is 0 Å². The third-order valence-corrected chi connectivity index (χ3v) is 5.73. The quantitative estimate of drug-likeness (QED) is 0.588. The van der Waals surface area contributed by atoms with Crippen LogP contribution in [0.15, 0.2) is 54.6 Å². The average Bonchev–Trinajstić information content (AvgIpc) is 2.74. The van der Waals surface area contributed by atoms with Crippen molar-refractivity contribution in [1.29, 1.82) is 0 Å². The van der Waals surface area contributed by atoms with Gasteiger partial charge in [0, 0.05) is 18.8 Å². The fourth-order valence-corrected chi connectivity index (χ4v) is 3.96. The number of aryl methyl sites for hydroxylation is 1. The summed E-state index contributed by atoms with van der Waals surface area (Å²) in [6.07, 6.45) is 1.47. The van der Waals surface area contributed by atoms with Gasteiger partial charge in [0.05, 0.1) is 5.75 Å². The Balaban J connectivity index is 2.06. The number of amides is 2. The number of rotatable bonds is 11. The van der Waals surface area contributed by atoms with Crippen LogP contribution >= 0.6 is 11.8 Å². The minimum Gasteiger partial charge on any atom is -0.354 e. The lowest BCUT2D eigenvalue weighted by atomic mass is 10.1. The molecule has 4 nitrogen and oxygen atoms in total. The topological polar surface area (TPSA) is 49.4 Å². The van der Waals surface area contributed by atoms with E-state index in [0.717, 1.165) is 17.7 Å². The van der Waals surface area contributed by atoms with E-state index in [1.807, 2.05) is 44.2 Å². The first kappa shape index (κ1) is 23.0. The van der Waals surface area contributed by atoms with Gasteiger partial charge < -0.3 is 10.2 Å². The molecule has 2 aromatic carbocycles. The highest BCUT2D eigenvalue weighted by Crippen LogP contribution is 2.17. The molecule has 1 atom stereocenters. The zero-order valence-corrected chi connectivity index (χ0v) is 18.5. The number of carbonyl (C=O) groups is 2. The number of nitrogens with zero attached hydrogens (tertiary/aromatic N) is 1. The Morgan fingerprint density at radius 3 is 2.31 bits per heavy atom. The molecule has 156 valence electrons. The van der Waals surface area contributed by atoms with Crippen LogP contribution in [0.3, 0.4) is 0 Å². The van der Waals surface area contributed by atoms with Crippen LogP contribution in [-0.2, 0) is 21.9 Å². The summed E-state index contributed by atoms with van der Waals surface area (Å²) in [5.41, 5.74) is 3.47. The molecule has 0 aliphatic heterocycles. The highest BCUT2D eigenvalue weighted by atomic mass is 32.2. The van der Waals surface area contributed by atoms with Crippen molar-refractivity contribution >= 4 is 23.6 Å². The van der Waals surface area contributed by atoms with E-state index < -0.39 is 6.04 Å². The first-order valence-corrected chi connectivity index (χ1v) is 11.4. The predicted molar refractivity (Wildman–Crippen MR) is 122 cm³/mol. The van der Waals surface area contributed by atoms with E-state index >= 15 is 0 Å². The standard InChI is InChI=1S/C24H32N2O2S/c1-4-15-25-24(28)22(5-2)26(16-20-9-7-6-8-10-20)23(27)18-29-17-21-13-11-19(3)12-14-21/h6-14,22H,4-5,15-18H2,1-3H3,(H,25,28)/t22-/m1/s1. The molecule has 0 bridgehead atoms. The van der Waals surface area contributed by atoms with E-state index in [1.54, 1.807) is 16.7 Å². The highest BCUT2D eigenvalue weighted by molar-refractivity contribution is 7.99. The van der Waals surface area contributed by atoms with Crippen LogP contribution in [0.25, 0.3) is 0 Å². The van der Waals surface area contributed by atoms with Crippen molar-refractivity contribution in [2.24, 2.45) is 0 Å². The van der Waals surface area contributed by atoms with Gasteiger partial charge >= 0.3 is 0 Å². The molecule has 0 heterocycles. The van der Waals surface area contributed by atoms with E-state index in [1.165, 1.54) is 11.1 Å². The molecule has 0 radical (unpaired) electrons. The minimum atomic E-state index is -0.450. The van der Waals surface area contributed by atoms with Crippen molar-refractivity contribution in [3.05, 3.63) is 71.3 Å². The second-order valence-corrected chi connectivity index (χ2v) is 8.19. The van der Waals surface area contributed by atoms with Crippen molar-refractivity contribution < 1.29 is 9.59 Å². The van der Waals surface area contributed by atoms with Gasteiger partial charge in [-0.2, -0.15) is 0 Å². The molecule has 0 unspecified atom stereocenters. The van der Waals surface area contributed by atoms with E-state index in [-0.39, 0.29) is 11.8 Å². The minimum absolute atomic E-state index is 0.00413. The Bertz CT molecular complexity index is 762. The molecule has 2 amide bonds. The zero-order valence-electron chi connectivity index (χ0n) is 17.7. The van der Waals surface area contributed by atoms with E-state index in [9.17, 15) is 9.59 Å². The highest BCUT2D eigenvalue weighted by Gasteiger charge is 2.28. The Kier molecular flexibility index (Phi) is 9.78. The van der Waals surface area contributed by atoms with Gasteiger partial charge in [-0.15, -0.1) is 11.8 Å². The molecule has 0 spiro atoms. The maximum atomic E-state index is 13.1. The molecule has 2 rings (SSSR count). The number of thioether (sulfide) groups is 1. The monoisotopic (exact) mass is 412 g/mol. The van der Waals surface area contributed by atoms with Crippen molar-refractivity contribution in [2.45, 2.75) is 52.0 Å². The fourth-order valence-electron chi connectivity index (χ4n) is 3.09. The largest absolute Gasteiger partial charge is 0.354 e. The number of carbonyl (C=O) groups excluding carboxylic acids is 2. The summed E-state index contributed by atoms with van der Waals surface area (Å²) in [4.78, 5) is 27.5. The molecule has 2 aromatic rings. The molecular weight excluding hydrogens is 380 g/mol. The lowest BCUT2D eigenvalue weighted by Gasteiger charge is -2.30. The SMILES string of the molecule is CCCNC(=O)[C@@H](CC)N(Cc1ccccc1)C(=O)CSCc1ccc(C)cc1. The van der Waals surface area contributed by atoms with Crippen molar-refractivity contribution in [2.75, 3.05) is 12.3 Å². The lowest BCUT2D eigenvalue weighted by molar-refractivity contribution is -0.139. The summed E-state index contributed by atoms with van der Waals surface area (Å²) in [6.45, 7) is 7.13. The number of hydrogen-bond donors (Lipinski definition) is 1. The van der Waals surface area contributed by atoms with Crippen LogP contribution in [0.1, 0.15) is 43.4 Å². The summed E-state index contributed by atoms with van der Waals surface area (Å²) in [5, 5.41) is 2.95. The first-order valence-electron chi connectivity index (χ1n) is 10.3. The molecule has 0 aliphatic rings. The average molecular weight is 413 g/mol. The van der Waals surface area contributed by atoms with Gasteiger partial charge in [0.2, 0.25) is 11.8 Å². The van der Waals surface area contributed by atoms with Crippen LogP contribution in [0, 0.1) is 6.92 Å². The molecule has 0 aliphatic carbocycles. The Morgan fingerprint density at radius 2 is 1.69 bits per heavy atom. The Morgan fingerprint density at radius 1 is 1.00 bits per heavy atom. The van der Waals surface area contributed by atoms with Crippen molar-refractivity contribution in [3.63, 3.8) is 0 Å². The fraction of sp³-hybridized carbons (Fsp3) is 0.417. The third-order valence-electron chi connectivity index (χ3n) is 4.75. The summed E-state index contributed by atoms with van der Waals surface area (Å²) in [5.74, 6) is 1.08. The molecule has 0 saturated heterocycles. The van der Waals surface area contributed by atoms with Gasteiger partial charge in [-0.3, -0.25) is 9.59 Å². The molecule has 5 heteroatoms. The van der Waals surface area contributed by atoms with E-state index in [2.05, 4.69) is 36.5 Å². The lowest BCUT2D eigenvalue weighted by Crippen LogP contribution is -2.49. The van der Waals surface area contributed by atoms with Gasteiger partial charge in [-0.1, -0.05) is 74.0 Å². The van der Waals surface area contributed by atoms with Crippen LogP contribution in [-0.4, -0.2) is 35.1 Å². The Hall–Kier alpha value is -2.27. The summed E-state index contributed by atoms with van der Waals surface area (Å²) in [6, 6.07) is 17.8. The second-order valence-electron chi connectivity index (χ2n) is 7.20. The van der Waals surface area contributed by atoms with Crippen LogP contribution in [0.4, 0.5) is 0 Å². The number of hydrogen-bond acceptors (Lipinski definition) is 3. The summed E-state index contributed by atoms with van der Waals surface area (Å²) in [7, 11) is 0. The normalized spacial score (nSPS) is 11.7. The van der Waals surface area contributed by atoms with Crippen molar-refractivity contribution in [1.82, 2.24) is 10.2 Å². The van der Waals surface area contributed by atoms with Crippen molar-refractivity contribution in [3.8, 4) is 0 Å². The van der Waals surface area contributed by atoms with E-state index in [0.29, 0.717) is 25.3 Å². The van der Waals surface area contributed by atoms with Gasteiger partial charge in [0.1, 0.15) is 6.04 Å². The number of nitrogens with one attached hydrogen (secondary N) is 1. The second kappa shape index (κ2) is 12.3.